The SMILES string of the molecule is COCCN1CCN(c2nc(-c3ccc(C(=O)NC(CC(C)C)C(=O)N4C[C@H](O)[C@H]5OCC(=O)[C@H]54)cc3)cs2)CC1. The molecule has 3 aliphatic rings. The third-order valence-electron chi connectivity index (χ3n) is 7.94. The summed E-state index contributed by atoms with van der Waals surface area (Å²) in [5, 5.41) is 16.2. The van der Waals surface area contributed by atoms with Crippen molar-refractivity contribution in [3.05, 3.63) is 35.2 Å². The van der Waals surface area contributed by atoms with E-state index in [-0.39, 0.29) is 36.7 Å². The number of ether oxygens (including phenoxy) is 2. The molecule has 0 aliphatic carbocycles. The van der Waals surface area contributed by atoms with Crippen LogP contribution in [-0.2, 0) is 19.1 Å². The van der Waals surface area contributed by atoms with Gasteiger partial charge in [0.05, 0.1) is 18.8 Å². The Hall–Kier alpha value is -2.90. The molecule has 1 unspecified atom stereocenters. The van der Waals surface area contributed by atoms with Crippen LogP contribution in [0.3, 0.4) is 0 Å². The molecule has 0 saturated carbocycles. The number of β-amino-alcohol motifs (C(OH)–C–C–N with tert-alkyl or cyclic N) is 1. The Bertz CT molecular complexity index is 1230. The van der Waals surface area contributed by atoms with Crippen LogP contribution in [0.1, 0.15) is 30.6 Å². The maximum absolute atomic E-state index is 13.5. The van der Waals surface area contributed by atoms with E-state index in [0.717, 1.165) is 55.7 Å². The Morgan fingerprint density at radius 3 is 2.61 bits per heavy atom. The van der Waals surface area contributed by atoms with Crippen molar-refractivity contribution in [2.24, 2.45) is 5.92 Å². The molecule has 0 radical (unpaired) electrons. The van der Waals surface area contributed by atoms with E-state index in [2.05, 4.69) is 15.1 Å². The van der Waals surface area contributed by atoms with Gasteiger partial charge in [0, 0.05) is 56.3 Å². The van der Waals surface area contributed by atoms with Gasteiger partial charge in [0.25, 0.3) is 5.91 Å². The number of aliphatic hydroxyl groups is 1. The Labute approximate surface area is 244 Å². The van der Waals surface area contributed by atoms with Crippen LogP contribution in [0.4, 0.5) is 5.13 Å². The summed E-state index contributed by atoms with van der Waals surface area (Å²) in [6.45, 7) is 9.31. The van der Waals surface area contributed by atoms with Crippen LogP contribution in [0.25, 0.3) is 11.3 Å². The summed E-state index contributed by atoms with van der Waals surface area (Å²) in [6.07, 6.45) is -1.22. The number of aromatic nitrogens is 1. The number of benzene rings is 1. The van der Waals surface area contributed by atoms with E-state index in [1.54, 1.807) is 30.6 Å². The van der Waals surface area contributed by atoms with Crippen molar-refractivity contribution in [2.75, 3.05) is 64.5 Å². The Balaban J connectivity index is 1.21. The molecule has 12 heteroatoms. The fourth-order valence-corrected chi connectivity index (χ4v) is 6.60. The molecule has 1 aromatic heterocycles. The second-order valence-electron chi connectivity index (χ2n) is 11.3. The van der Waals surface area contributed by atoms with Crippen molar-refractivity contribution in [3.63, 3.8) is 0 Å². The number of rotatable bonds is 10. The standard InChI is InChI=1S/C29H39N5O6S/c1-18(2)14-21(28(38)34-15-23(35)26-25(34)24(36)16-40-26)30-27(37)20-6-4-19(5-7-20)22-17-41-29(31-22)33-10-8-32(9-11-33)12-13-39-3/h4-7,17-18,21,23,25-26,35H,8-16H2,1-3H3,(H,30,37)/t21?,23-,25+,26+/m0/s1. The lowest BCUT2D eigenvalue weighted by molar-refractivity contribution is -0.138. The molecule has 222 valence electrons. The average Bonchev–Trinajstić information content (AvgIpc) is 3.69. The minimum absolute atomic E-state index is 0.0121. The van der Waals surface area contributed by atoms with Crippen molar-refractivity contribution < 1.29 is 29.0 Å². The van der Waals surface area contributed by atoms with Crippen molar-refractivity contribution >= 4 is 34.1 Å². The van der Waals surface area contributed by atoms with E-state index in [1.807, 2.05) is 31.4 Å². The maximum atomic E-state index is 13.5. The number of nitrogens with zero attached hydrogens (tertiary/aromatic N) is 4. The zero-order valence-electron chi connectivity index (χ0n) is 23.8. The van der Waals surface area contributed by atoms with E-state index in [0.29, 0.717) is 12.0 Å². The molecule has 0 spiro atoms. The lowest BCUT2D eigenvalue weighted by Gasteiger charge is -2.34. The third-order valence-corrected chi connectivity index (χ3v) is 8.84. The van der Waals surface area contributed by atoms with Crippen molar-refractivity contribution in [1.82, 2.24) is 20.1 Å². The first-order valence-electron chi connectivity index (χ1n) is 14.2. The number of piperazine rings is 1. The van der Waals surface area contributed by atoms with E-state index in [1.165, 1.54) is 4.90 Å². The van der Waals surface area contributed by atoms with Crippen molar-refractivity contribution in [3.8, 4) is 11.3 Å². The number of fused-ring (bicyclic) bond motifs is 1. The number of likely N-dealkylation sites (tertiary alicyclic amines) is 1. The summed E-state index contributed by atoms with van der Waals surface area (Å²) in [6, 6.07) is 5.58. The summed E-state index contributed by atoms with van der Waals surface area (Å²) in [5.74, 6) is -0.841. The minimum Gasteiger partial charge on any atom is -0.388 e. The second kappa shape index (κ2) is 13.0. The molecule has 3 saturated heterocycles. The van der Waals surface area contributed by atoms with Gasteiger partial charge < -0.3 is 29.7 Å². The van der Waals surface area contributed by atoms with Crippen LogP contribution >= 0.6 is 11.3 Å². The van der Waals surface area contributed by atoms with Gasteiger partial charge in [0.2, 0.25) is 5.91 Å². The smallest absolute Gasteiger partial charge is 0.251 e. The molecule has 41 heavy (non-hydrogen) atoms. The van der Waals surface area contributed by atoms with Crippen LogP contribution in [0.2, 0.25) is 0 Å². The zero-order chi connectivity index (χ0) is 29.1. The number of hydrogen-bond acceptors (Lipinski definition) is 10. The summed E-state index contributed by atoms with van der Waals surface area (Å²) >= 11 is 1.62. The molecule has 1 aromatic carbocycles. The van der Waals surface area contributed by atoms with Gasteiger partial charge in [-0.05, 0) is 24.5 Å². The normalized spacial score (nSPS) is 23.7. The van der Waals surface area contributed by atoms with Crippen LogP contribution in [0, 0.1) is 5.92 Å². The van der Waals surface area contributed by atoms with E-state index in [4.69, 9.17) is 14.5 Å². The maximum Gasteiger partial charge on any atom is 0.251 e. The minimum atomic E-state index is -0.921. The largest absolute Gasteiger partial charge is 0.388 e. The summed E-state index contributed by atoms with van der Waals surface area (Å²) in [5.41, 5.74) is 2.20. The van der Waals surface area contributed by atoms with E-state index >= 15 is 0 Å². The highest BCUT2D eigenvalue weighted by Crippen LogP contribution is 2.30. The number of amides is 2. The molecule has 3 fully saturated rings. The zero-order valence-corrected chi connectivity index (χ0v) is 24.6. The number of anilines is 1. The number of Topliss-reactive ketones (excluding diaryl/α,β-unsaturated/α-hetero) is 1. The van der Waals surface area contributed by atoms with Crippen LogP contribution in [-0.4, -0.2) is 121 Å². The molecule has 0 bridgehead atoms. The Morgan fingerprint density at radius 1 is 1.20 bits per heavy atom. The van der Waals surface area contributed by atoms with Gasteiger partial charge in [0.15, 0.2) is 10.9 Å². The third kappa shape index (κ3) is 6.62. The van der Waals surface area contributed by atoms with Gasteiger partial charge in [0.1, 0.15) is 30.9 Å². The quantitative estimate of drug-likeness (QED) is 0.424. The molecule has 2 aromatic rings. The molecular weight excluding hydrogens is 546 g/mol. The number of hydrogen-bond donors (Lipinski definition) is 2. The van der Waals surface area contributed by atoms with Gasteiger partial charge in [-0.25, -0.2) is 4.98 Å². The summed E-state index contributed by atoms with van der Waals surface area (Å²) in [4.78, 5) is 50.0. The first-order valence-corrected chi connectivity index (χ1v) is 15.1. The van der Waals surface area contributed by atoms with Crippen LogP contribution in [0.5, 0.6) is 0 Å². The molecule has 4 heterocycles. The number of nitrogens with one attached hydrogen (secondary N) is 1. The Morgan fingerprint density at radius 2 is 1.93 bits per heavy atom. The molecule has 11 nitrogen and oxygen atoms in total. The molecule has 5 rings (SSSR count). The molecule has 3 aliphatic heterocycles. The fourth-order valence-electron chi connectivity index (χ4n) is 5.71. The highest BCUT2D eigenvalue weighted by molar-refractivity contribution is 7.14. The van der Waals surface area contributed by atoms with Crippen molar-refractivity contribution in [2.45, 2.75) is 44.6 Å². The monoisotopic (exact) mass is 585 g/mol. The number of aliphatic hydroxyl groups excluding tert-OH is 1. The number of ketones is 1. The lowest BCUT2D eigenvalue weighted by Crippen LogP contribution is -2.52. The number of methoxy groups -OCH3 is 1. The number of thiazole rings is 1. The van der Waals surface area contributed by atoms with Gasteiger partial charge in [-0.3, -0.25) is 19.3 Å². The fraction of sp³-hybridized carbons (Fsp3) is 0.586. The van der Waals surface area contributed by atoms with Gasteiger partial charge in [-0.15, -0.1) is 11.3 Å². The van der Waals surface area contributed by atoms with Gasteiger partial charge in [-0.1, -0.05) is 26.0 Å². The average molecular weight is 586 g/mol. The second-order valence-corrected chi connectivity index (χ2v) is 12.2. The summed E-state index contributed by atoms with van der Waals surface area (Å²) < 4.78 is 10.6. The van der Waals surface area contributed by atoms with Crippen molar-refractivity contribution in [1.29, 1.82) is 0 Å². The predicted octanol–water partition coefficient (Wildman–Crippen LogP) is 1.26. The van der Waals surface area contributed by atoms with Gasteiger partial charge >= 0.3 is 0 Å². The first-order chi connectivity index (χ1) is 19.7. The highest BCUT2D eigenvalue weighted by atomic mass is 32.1. The summed E-state index contributed by atoms with van der Waals surface area (Å²) in [7, 11) is 1.73. The van der Waals surface area contributed by atoms with Gasteiger partial charge in [-0.2, -0.15) is 0 Å². The predicted molar refractivity (Wildman–Crippen MR) is 155 cm³/mol. The van der Waals surface area contributed by atoms with Crippen LogP contribution < -0.4 is 10.2 Å². The van der Waals surface area contributed by atoms with Crippen LogP contribution in [0.15, 0.2) is 29.6 Å². The molecule has 2 amide bonds. The lowest BCUT2D eigenvalue weighted by atomic mass is 10.0. The molecular formula is C29H39N5O6S. The topological polar surface area (TPSA) is 125 Å². The highest BCUT2D eigenvalue weighted by Gasteiger charge is 2.52. The Kier molecular flexibility index (Phi) is 9.35. The number of carbonyl (C=O) groups excluding carboxylic acids is 3. The first kappa shape index (κ1) is 29.6. The van der Waals surface area contributed by atoms with E-state index in [9.17, 15) is 19.5 Å². The molecule has 2 N–H and O–H groups in total. The van der Waals surface area contributed by atoms with E-state index < -0.39 is 24.3 Å². The number of carbonyl (C=O) groups is 3. The molecule has 4 atom stereocenters.